The maximum Gasteiger partial charge on any atom is 0.322 e. The predicted octanol–water partition coefficient (Wildman–Crippen LogP) is 0.358. The summed E-state index contributed by atoms with van der Waals surface area (Å²) in [6.07, 6.45) is 9.68. The van der Waals surface area contributed by atoms with Gasteiger partial charge in [0.2, 0.25) is 0 Å². The second-order valence-corrected chi connectivity index (χ2v) is 10.0. The quantitative estimate of drug-likeness (QED) is 0.539. The minimum absolute atomic E-state index is 0.0841. The predicted molar refractivity (Wildman–Crippen MR) is 142 cm³/mol. The molecule has 1 fully saturated rings. The number of carbonyl (C=O) groups excluding carboxylic acids is 3. The van der Waals surface area contributed by atoms with Crippen LogP contribution in [0.5, 0.6) is 0 Å². The van der Waals surface area contributed by atoms with Crippen molar-refractivity contribution in [1.29, 1.82) is 0 Å². The number of hydrogen-bond acceptors (Lipinski definition) is 7. The third kappa shape index (κ3) is 3.92. The number of nitrogens with zero attached hydrogens (tertiary/aromatic N) is 4. The van der Waals surface area contributed by atoms with Crippen LogP contribution in [0.4, 0.5) is 4.79 Å². The molecule has 2 aromatic heterocycles. The number of methoxy groups -OCH3 is 1. The summed E-state index contributed by atoms with van der Waals surface area (Å²) < 4.78 is 13.4. The molecule has 0 aromatic carbocycles. The standard InChI is InChI=1S/C28H28N6O5/c1-15-24(16(2)33(3)32-15)21-12-22-17(9-10-29-21)11-23(39-22)28(26(36)30-27(37)31-28)14-34-13-18-5-6-19(38-4)7-8-20(18)25(34)35/h5-7,9,11-12H,8,10,13-14H2,1-4H3,(H2,30,31,36,37)/t28-/m0/s1. The van der Waals surface area contributed by atoms with Crippen LogP contribution in [0.15, 0.2) is 50.6 Å². The molecule has 0 spiro atoms. The van der Waals surface area contributed by atoms with Gasteiger partial charge in [0, 0.05) is 41.7 Å². The first-order valence-electron chi connectivity index (χ1n) is 12.6. The van der Waals surface area contributed by atoms with Crippen molar-refractivity contribution in [3.05, 3.63) is 74.5 Å². The Labute approximate surface area is 223 Å². The highest BCUT2D eigenvalue weighted by Gasteiger charge is 2.53. The smallest absolute Gasteiger partial charge is 0.322 e. The Bertz CT molecular complexity index is 1700. The number of urea groups is 1. The molecule has 4 amide bonds. The molecule has 200 valence electrons. The normalized spacial score (nSPS) is 22.3. The van der Waals surface area contributed by atoms with Gasteiger partial charge in [-0.25, -0.2) is 4.79 Å². The summed E-state index contributed by atoms with van der Waals surface area (Å²) in [5.41, 5.74) is 3.88. The molecule has 1 atom stereocenters. The van der Waals surface area contributed by atoms with Gasteiger partial charge >= 0.3 is 6.03 Å². The van der Waals surface area contributed by atoms with Crippen molar-refractivity contribution in [3.8, 4) is 0 Å². The molecule has 4 aliphatic rings. The molecule has 0 saturated carbocycles. The summed E-state index contributed by atoms with van der Waals surface area (Å²) >= 11 is 0. The molecule has 2 N–H and O–H groups in total. The first-order chi connectivity index (χ1) is 18.7. The van der Waals surface area contributed by atoms with Crippen LogP contribution >= 0.6 is 0 Å². The highest BCUT2D eigenvalue weighted by atomic mass is 16.5. The van der Waals surface area contributed by atoms with Crippen LogP contribution in [-0.4, -0.2) is 65.0 Å². The number of furan rings is 1. The Hall–Kier alpha value is -4.67. The highest BCUT2D eigenvalue weighted by Crippen LogP contribution is 2.32. The fourth-order valence-electron chi connectivity index (χ4n) is 5.56. The molecular formula is C28H28N6O5. The largest absolute Gasteiger partial charge is 0.497 e. The van der Waals surface area contributed by atoms with Crippen molar-refractivity contribution in [2.24, 2.45) is 12.0 Å². The molecule has 11 heteroatoms. The molecule has 0 bridgehead atoms. The third-order valence-corrected chi connectivity index (χ3v) is 7.67. The van der Waals surface area contributed by atoms with E-state index in [0.29, 0.717) is 36.3 Å². The Kier molecular flexibility index (Phi) is 5.67. The van der Waals surface area contributed by atoms with E-state index in [9.17, 15) is 14.4 Å². The van der Waals surface area contributed by atoms with Crippen LogP contribution in [0.1, 0.15) is 29.1 Å². The molecule has 0 unspecified atom stereocenters. The molecule has 39 heavy (non-hydrogen) atoms. The average Bonchev–Trinajstić information content (AvgIpc) is 3.49. The van der Waals surface area contributed by atoms with E-state index in [1.807, 2.05) is 51.3 Å². The SMILES string of the molecule is COC1=CCC2=C(C=C1)CN(C[C@@]1(c3cc4c(o3)=CC(c3c(C)nn(C)c3C)=NCC=4)NC(=O)NC1=O)C2=O. The van der Waals surface area contributed by atoms with Crippen molar-refractivity contribution in [3.63, 3.8) is 0 Å². The van der Waals surface area contributed by atoms with E-state index in [4.69, 9.17) is 14.1 Å². The molecule has 3 aliphatic heterocycles. The number of hydrogen-bond donors (Lipinski definition) is 2. The third-order valence-electron chi connectivity index (χ3n) is 7.67. The number of carbonyl (C=O) groups is 3. The molecule has 1 aliphatic carbocycles. The Balaban J connectivity index is 1.37. The van der Waals surface area contributed by atoms with Gasteiger partial charge in [0.05, 0.1) is 31.6 Å². The lowest BCUT2D eigenvalue weighted by molar-refractivity contribution is -0.130. The molecule has 11 nitrogen and oxygen atoms in total. The zero-order valence-electron chi connectivity index (χ0n) is 22.1. The molecule has 6 rings (SSSR count). The molecule has 0 radical (unpaired) electrons. The van der Waals surface area contributed by atoms with Gasteiger partial charge < -0.3 is 19.4 Å². The lowest BCUT2D eigenvalue weighted by Gasteiger charge is -2.29. The van der Waals surface area contributed by atoms with E-state index >= 15 is 0 Å². The summed E-state index contributed by atoms with van der Waals surface area (Å²) in [7, 11) is 3.47. The van der Waals surface area contributed by atoms with E-state index in [1.165, 1.54) is 0 Å². The van der Waals surface area contributed by atoms with Crippen LogP contribution < -0.4 is 21.3 Å². The van der Waals surface area contributed by atoms with Gasteiger partial charge in [0.25, 0.3) is 11.8 Å². The highest BCUT2D eigenvalue weighted by molar-refractivity contribution is 6.22. The summed E-state index contributed by atoms with van der Waals surface area (Å²) in [6, 6.07) is 1.10. The monoisotopic (exact) mass is 528 g/mol. The number of aryl methyl sites for hydroxylation is 2. The van der Waals surface area contributed by atoms with Gasteiger partial charge in [0.1, 0.15) is 16.9 Å². The van der Waals surface area contributed by atoms with E-state index in [0.717, 1.165) is 33.5 Å². The average molecular weight is 529 g/mol. The number of aliphatic imine (C=N–C) groups is 1. The van der Waals surface area contributed by atoms with E-state index in [1.54, 1.807) is 22.8 Å². The Morgan fingerprint density at radius 3 is 2.69 bits per heavy atom. The summed E-state index contributed by atoms with van der Waals surface area (Å²) in [4.78, 5) is 45.4. The van der Waals surface area contributed by atoms with Gasteiger partial charge in [0.15, 0.2) is 5.54 Å². The number of nitrogens with one attached hydrogen (secondary N) is 2. The first-order valence-corrected chi connectivity index (χ1v) is 12.6. The van der Waals surface area contributed by atoms with Gasteiger partial charge in [-0.05, 0) is 44.1 Å². The van der Waals surface area contributed by atoms with Crippen molar-refractivity contribution >= 4 is 35.7 Å². The van der Waals surface area contributed by atoms with Gasteiger partial charge in [-0.15, -0.1) is 0 Å². The number of fused-ring (bicyclic) bond motifs is 1. The van der Waals surface area contributed by atoms with Crippen LogP contribution in [0.25, 0.3) is 12.2 Å². The fourth-order valence-corrected chi connectivity index (χ4v) is 5.56. The lowest BCUT2D eigenvalue weighted by atomic mass is 9.95. The van der Waals surface area contributed by atoms with Crippen LogP contribution in [0.3, 0.4) is 0 Å². The van der Waals surface area contributed by atoms with Crippen LogP contribution in [0, 0.1) is 13.8 Å². The molecular weight excluding hydrogens is 500 g/mol. The van der Waals surface area contributed by atoms with Gasteiger partial charge in [-0.3, -0.25) is 24.6 Å². The van der Waals surface area contributed by atoms with Crippen molar-refractivity contribution in [1.82, 2.24) is 25.3 Å². The van der Waals surface area contributed by atoms with Crippen molar-refractivity contribution in [2.75, 3.05) is 26.7 Å². The number of amides is 4. The molecule has 1 saturated heterocycles. The van der Waals surface area contributed by atoms with Gasteiger partial charge in [-0.2, -0.15) is 5.10 Å². The van der Waals surface area contributed by atoms with Gasteiger partial charge in [-0.1, -0.05) is 12.2 Å². The maximum atomic E-state index is 13.4. The minimum atomic E-state index is -1.58. The van der Waals surface area contributed by atoms with E-state index < -0.39 is 17.5 Å². The number of aromatic nitrogens is 2. The molecule has 5 heterocycles. The van der Waals surface area contributed by atoms with Crippen LogP contribution in [0.2, 0.25) is 0 Å². The summed E-state index contributed by atoms with van der Waals surface area (Å²) in [5.74, 6) is 0.166. The van der Waals surface area contributed by atoms with Crippen molar-refractivity contribution in [2.45, 2.75) is 25.8 Å². The topological polar surface area (TPSA) is 131 Å². The van der Waals surface area contributed by atoms with Crippen molar-refractivity contribution < 1.29 is 23.5 Å². The lowest BCUT2D eigenvalue weighted by Crippen LogP contribution is -2.53. The Morgan fingerprint density at radius 2 is 2.00 bits per heavy atom. The number of imide groups is 1. The maximum absolute atomic E-state index is 13.4. The fraction of sp³-hybridized carbons (Fsp3) is 0.321. The van der Waals surface area contributed by atoms with E-state index in [-0.39, 0.29) is 18.2 Å². The number of allylic oxidation sites excluding steroid dienone is 2. The zero-order valence-corrected chi connectivity index (χ0v) is 22.1. The summed E-state index contributed by atoms with van der Waals surface area (Å²) in [6.45, 7) is 4.53. The first kappa shape index (κ1) is 24.7. The minimum Gasteiger partial charge on any atom is -0.497 e. The van der Waals surface area contributed by atoms with Crippen LogP contribution in [-0.2, 0) is 26.9 Å². The zero-order chi connectivity index (χ0) is 27.5. The molecule has 2 aromatic rings. The second kappa shape index (κ2) is 8.97. The number of rotatable bonds is 5. The second-order valence-electron chi connectivity index (χ2n) is 10.0. The Morgan fingerprint density at radius 1 is 1.18 bits per heavy atom. The van der Waals surface area contributed by atoms with E-state index in [2.05, 4.69) is 15.7 Å². The number of ether oxygens (including phenoxy) is 1. The summed E-state index contributed by atoms with van der Waals surface area (Å²) in [5, 5.41) is 10.3.